The van der Waals surface area contributed by atoms with Crippen LogP contribution in [-0.2, 0) is 11.2 Å². The smallest absolute Gasteiger partial charge is 0.228 e. The van der Waals surface area contributed by atoms with E-state index >= 15 is 0 Å². The first-order valence-electron chi connectivity index (χ1n) is 7.99. The summed E-state index contributed by atoms with van der Waals surface area (Å²) in [6.45, 7) is 4.79. The molecule has 3 rings (SSSR count). The van der Waals surface area contributed by atoms with Gasteiger partial charge in [-0.25, -0.2) is 0 Å². The van der Waals surface area contributed by atoms with E-state index in [1.807, 2.05) is 36.1 Å². The molecule has 1 N–H and O–H groups in total. The highest BCUT2D eigenvalue weighted by Crippen LogP contribution is 2.13. The number of hydrogen-bond donors (Lipinski definition) is 1. The molecule has 1 aliphatic rings. The minimum Gasteiger partial charge on any atom is -0.372 e. The Morgan fingerprint density at radius 1 is 1.04 bits per heavy atom. The summed E-state index contributed by atoms with van der Waals surface area (Å²) in [6.07, 6.45) is 0.279. The van der Waals surface area contributed by atoms with Gasteiger partial charge in [-0.2, -0.15) is 10.2 Å². The van der Waals surface area contributed by atoms with Gasteiger partial charge in [0.25, 0.3) is 0 Å². The van der Waals surface area contributed by atoms with E-state index in [9.17, 15) is 4.79 Å². The third-order valence-electron chi connectivity index (χ3n) is 4.05. The Kier molecular flexibility index (Phi) is 4.83. The molecule has 3 heterocycles. The fourth-order valence-electron chi connectivity index (χ4n) is 2.60. The van der Waals surface area contributed by atoms with Gasteiger partial charge in [0.2, 0.25) is 5.91 Å². The molecule has 8 nitrogen and oxygen atoms in total. The van der Waals surface area contributed by atoms with Gasteiger partial charge in [-0.3, -0.25) is 4.79 Å². The average Bonchev–Trinajstić information content (AvgIpc) is 2.63. The van der Waals surface area contributed by atoms with Gasteiger partial charge < -0.3 is 15.1 Å². The maximum atomic E-state index is 12.4. The first kappa shape index (κ1) is 16.1. The minimum atomic E-state index is 0.0798. The molecule has 0 saturated carbocycles. The molecule has 8 heteroatoms. The first-order chi connectivity index (χ1) is 11.7. The van der Waals surface area contributed by atoms with E-state index < -0.39 is 0 Å². The molecule has 1 amide bonds. The third kappa shape index (κ3) is 3.76. The number of piperazine rings is 1. The number of carbonyl (C=O) groups is 1. The summed E-state index contributed by atoms with van der Waals surface area (Å²) in [5.41, 5.74) is 1.59. The van der Waals surface area contributed by atoms with Gasteiger partial charge in [0.05, 0.1) is 17.8 Å². The zero-order chi connectivity index (χ0) is 16.9. The van der Waals surface area contributed by atoms with E-state index in [2.05, 4.69) is 30.6 Å². The fraction of sp³-hybridized carbons (Fsp3) is 0.438. The molecule has 0 bridgehead atoms. The second-order valence-electron chi connectivity index (χ2n) is 5.74. The average molecular weight is 327 g/mol. The largest absolute Gasteiger partial charge is 0.372 e. The van der Waals surface area contributed by atoms with Crippen LogP contribution in [0.25, 0.3) is 0 Å². The van der Waals surface area contributed by atoms with Gasteiger partial charge in [-0.15, -0.1) is 10.2 Å². The summed E-state index contributed by atoms with van der Waals surface area (Å²) >= 11 is 0. The van der Waals surface area contributed by atoms with Crippen LogP contribution in [0.2, 0.25) is 0 Å². The van der Waals surface area contributed by atoms with Crippen molar-refractivity contribution in [3.8, 4) is 0 Å². The molecular formula is C16H21N7O. The normalized spacial score (nSPS) is 14.6. The maximum Gasteiger partial charge on any atom is 0.228 e. The highest BCUT2D eigenvalue weighted by molar-refractivity contribution is 5.78. The van der Waals surface area contributed by atoms with Crippen molar-refractivity contribution in [1.29, 1.82) is 0 Å². The Morgan fingerprint density at radius 3 is 2.42 bits per heavy atom. The van der Waals surface area contributed by atoms with E-state index in [1.165, 1.54) is 0 Å². The molecule has 0 aliphatic carbocycles. The van der Waals surface area contributed by atoms with Gasteiger partial charge in [0.15, 0.2) is 5.82 Å². The summed E-state index contributed by atoms with van der Waals surface area (Å²) in [5, 5.41) is 19.3. The molecule has 1 saturated heterocycles. The monoisotopic (exact) mass is 327 g/mol. The van der Waals surface area contributed by atoms with E-state index in [0.29, 0.717) is 24.6 Å². The molecule has 0 spiro atoms. The van der Waals surface area contributed by atoms with Gasteiger partial charge in [0.1, 0.15) is 5.82 Å². The van der Waals surface area contributed by atoms with Crippen LogP contribution in [0.15, 0.2) is 24.3 Å². The van der Waals surface area contributed by atoms with Crippen LogP contribution in [-0.4, -0.2) is 64.4 Å². The number of nitrogens with zero attached hydrogens (tertiary/aromatic N) is 6. The van der Waals surface area contributed by atoms with Crippen LogP contribution >= 0.6 is 0 Å². The SMILES string of the molecule is CNc1ccc(CC(=O)N2CCN(c3ccc(C)nn3)CC2)nn1. The molecule has 1 fully saturated rings. The fourth-order valence-corrected chi connectivity index (χ4v) is 2.60. The lowest BCUT2D eigenvalue weighted by molar-refractivity contribution is -0.130. The maximum absolute atomic E-state index is 12.4. The summed E-state index contributed by atoms with van der Waals surface area (Å²) in [6, 6.07) is 7.57. The number of aromatic nitrogens is 4. The standard InChI is InChI=1S/C16H21N7O/c1-12-3-6-15(21-18-12)22-7-9-23(10-8-22)16(24)11-13-4-5-14(17-2)20-19-13/h3-6H,7-11H2,1-2H3,(H,17,20). The van der Waals surface area contributed by atoms with Gasteiger partial charge in [0, 0.05) is 33.2 Å². The van der Waals surface area contributed by atoms with Crippen LogP contribution in [0.1, 0.15) is 11.4 Å². The van der Waals surface area contributed by atoms with Crippen LogP contribution < -0.4 is 10.2 Å². The Labute approximate surface area is 140 Å². The van der Waals surface area contributed by atoms with Crippen LogP contribution in [0, 0.1) is 6.92 Å². The quantitative estimate of drug-likeness (QED) is 0.875. The lowest BCUT2D eigenvalue weighted by Gasteiger charge is -2.35. The predicted molar refractivity (Wildman–Crippen MR) is 90.8 cm³/mol. The molecule has 0 atom stereocenters. The lowest BCUT2D eigenvalue weighted by atomic mass is 10.2. The van der Waals surface area contributed by atoms with E-state index in [4.69, 9.17) is 0 Å². The van der Waals surface area contributed by atoms with E-state index in [-0.39, 0.29) is 12.3 Å². The number of nitrogens with one attached hydrogen (secondary N) is 1. The van der Waals surface area contributed by atoms with Gasteiger partial charge >= 0.3 is 0 Å². The van der Waals surface area contributed by atoms with Crippen molar-refractivity contribution in [2.45, 2.75) is 13.3 Å². The van der Waals surface area contributed by atoms with Crippen molar-refractivity contribution >= 4 is 17.5 Å². The highest BCUT2D eigenvalue weighted by atomic mass is 16.2. The molecule has 2 aromatic heterocycles. The second kappa shape index (κ2) is 7.20. The van der Waals surface area contributed by atoms with Crippen molar-refractivity contribution < 1.29 is 4.79 Å². The first-order valence-corrected chi connectivity index (χ1v) is 7.99. The summed E-state index contributed by atoms with van der Waals surface area (Å²) in [4.78, 5) is 16.4. The topological polar surface area (TPSA) is 87.1 Å². The molecule has 0 unspecified atom stereocenters. The molecular weight excluding hydrogens is 306 g/mol. The summed E-state index contributed by atoms with van der Waals surface area (Å²) in [5.74, 6) is 1.64. The van der Waals surface area contributed by atoms with E-state index in [1.54, 1.807) is 7.05 Å². The third-order valence-corrected chi connectivity index (χ3v) is 4.05. The zero-order valence-electron chi connectivity index (χ0n) is 13.9. The minimum absolute atomic E-state index is 0.0798. The number of aryl methyl sites for hydroxylation is 1. The molecule has 2 aromatic rings. The van der Waals surface area contributed by atoms with Gasteiger partial charge in [-0.05, 0) is 31.2 Å². The Hall–Kier alpha value is -2.77. The lowest BCUT2D eigenvalue weighted by Crippen LogP contribution is -2.49. The zero-order valence-corrected chi connectivity index (χ0v) is 13.9. The number of amides is 1. The predicted octanol–water partition coefficient (Wildman–Crippen LogP) is 0.508. The van der Waals surface area contributed by atoms with Crippen molar-refractivity contribution in [2.24, 2.45) is 0 Å². The van der Waals surface area contributed by atoms with Crippen molar-refractivity contribution in [1.82, 2.24) is 25.3 Å². The second-order valence-corrected chi connectivity index (χ2v) is 5.74. The number of hydrogen-bond acceptors (Lipinski definition) is 7. The Bertz CT molecular complexity index is 679. The molecule has 24 heavy (non-hydrogen) atoms. The van der Waals surface area contributed by atoms with E-state index in [0.717, 1.165) is 24.6 Å². The summed E-state index contributed by atoms with van der Waals surface area (Å²) < 4.78 is 0. The highest BCUT2D eigenvalue weighted by Gasteiger charge is 2.22. The van der Waals surface area contributed by atoms with Crippen molar-refractivity contribution in [3.05, 3.63) is 35.7 Å². The Morgan fingerprint density at radius 2 is 1.83 bits per heavy atom. The number of anilines is 2. The molecule has 0 aromatic carbocycles. The van der Waals surface area contributed by atoms with Crippen molar-refractivity contribution in [3.63, 3.8) is 0 Å². The number of rotatable bonds is 4. The van der Waals surface area contributed by atoms with Crippen LogP contribution in [0.3, 0.4) is 0 Å². The molecule has 126 valence electrons. The summed E-state index contributed by atoms with van der Waals surface area (Å²) in [7, 11) is 1.78. The Balaban J connectivity index is 1.53. The number of carbonyl (C=O) groups excluding carboxylic acids is 1. The molecule has 0 radical (unpaired) electrons. The van der Waals surface area contributed by atoms with Crippen LogP contribution in [0.5, 0.6) is 0 Å². The van der Waals surface area contributed by atoms with Crippen molar-refractivity contribution in [2.75, 3.05) is 43.4 Å². The molecule has 1 aliphatic heterocycles. The van der Waals surface area contributed by atoms with Gasteiger partial charge in [-0.1, -0.05) is 0 Å². The van der Waals surface area contributed by atoms with Crippen LogP contribution in [0.4, 0.5) is 11.6 Å².